The molecule has 0 bridgehead atoms. The maximum absolute atomic E-state index is 11.9. The number of carbonyl (C=O) groups excluding carboxylic acids is 1. The minimum atomic E-state index is -2.46. The van der Waals surface area contributed by atoms with Crippen LogP contribution in [-0.4, -0.2) is 29.9 Å². The Morgan fingerprint density at radius 2 is 2.31 bits per heavy atom. The molecule has 90 valence electrons. The summed E-state index contributed by atoms with van der Waals surface area (Å²) in [6.45, 7) is -0.0405. The molecule has 0 aromatic carbocycles. The smallest absolute Gasteiger partial charge is 0.287 e. The topological polar surface area (TPSA) is 62.5 Å². The van der Waals surface area contributed by atoms with Gasteiger partial charge in [-0.25, -0.2) is 0 Å². The summed E-state index contributed by atoms with van der Waals surface area (Å²) in [4.78, 5) is 11.3. The lowest BCUT2D eigenvalue weighted by atomic mass is 10.4. The maximum atomic E-state index is 11.9. The number of amides is 1. The fourth-order valence-electron chi connectivity index (χ4n) is 0.979. The number of furan rings is 1. The van der Waals surface area contributed by atoms with E-state index in [1.54, 1.807) is 0 Å². The highest BCUT2D eigenvalue weighted by Crippen LogP contribution is 2.21. The molecule has 0 saturated carbocycles. The number of alkyl halides is 2. The van der Waals surface area contributed by atoms with E-state index < -0.39 is 11.7 Å². The molecule has 1 aromatic heterocycles. The van der Waals surface area contributed by atoms with E-state index in [9.17, 15) is 13.6 Å². The number of hydrogen-bond donors (Lipinski definition) is 2. The summed E-state index contributed by atoms with van der Waals surface area (Å²) < 4.78 is 28.8. The summed E-state index contributed by atoms with van der Waals surface area (Å²) >= 11 is 0.428. The van der Waals surface area contributed by atoms with Crippen LogP contribution >= 0.6 is 11.8 Å². The molecule has 0 aliphatic rings. The number of carbonyl (C=O) groups is 1. The number of thioether (sulfide) groups is 1. The van der Waals surface area contributed by atoms with Gasteiger partial charge in [-0.15, -0.1) is 0 Å². The van der Waals surface area contributed by atoms with E-state index in [-0.39, 0.29) is 24.7 Å². The molecule has 7 heteroatoms. The summed E-state index contributed by atoms with van der Waals surface area (Å²) in [7, 11) is 0. The van der Waals surface area contributed by atoms with Crippen molar-refractivity contribution in [2.75, 3.05) is 13.2 Å². The van der Waals surface area contributed by atoms with Crippen LogP contribution in [0.25, 0.3) is 0 Å². The van der Waals surface area contributed by atoms with Gasteiger partial charge in [0.1, 0.15) is 5.76 Å². The monoisotopic (exact) mass is 251 g/mol. The Morgan fingerprint density at radius 1 is 1.56 bits per heavy atom. The van der Waals surface area contributed by atoms with Crippen molar-refractivity contribution in [3.63, 3.8) is 0 Å². The molecule has 0 atom stereocenters. The van der Waals surface area contributed by atoms with Gasteiger partial charge in [0.15, 0.2) is 5.76 Å². The van der Waals surface area contributed by atoms with Gasteiger partial charge in [0.2, 0.25) is 0 Å². The highest BCUT2D eigenvalue weighted by Gasteiger charge is 2.11. The van der Waals surface area contributed by atoms with Crippen molar-refractivity contribution in [3.05, 3.63) is 23.7 Å². The van der Waals surface area contributed by atoms with Crippen LogP contribution < -0.4 is 5.32 Å². The van der Waals surface area contributed by atoms with Crippen LogP contribution in [0.3, 0.4) is 0 Å². The zero-order valence-corrected chi connectivity index (χ0v) is 9.10. The Hall–Kier alpha value is -1.08. The third-order valence-electron chi connectivity index (χ3n) is 1.63. The van der Waals surface area contributed by atoms with Crippen molar-refractivity contribution in [1.82, 2.24) is 5.32 Å². The molecule has 0 aliphatic carbocycles. The third kappa shape index (κ3) is 4.19. The average Bonchev–Trinajstić information content (AvgIpc) is 2.71. The van der Waals surface area contributed by atoms with Crippen LogP contribution in [0.2, 0.25) is 0 Å². The van der Waals surface area contributed by atoms with E-state index in [4.69, 9.17) is 9.52 Å². The van der Waals surface area contributed by atoms with E-state index >= 15 is 0 Å². The van der Waals surface area contributed by atoms with Gasteiger partial charge in [0.05, 0.1) is 12.4 Å². The number of aliphatic hydroxyl groups is 1. The highest BCUT2D eigenvalue weighted by atomic mass is 32.2. The van der Waals surface area contributed by atoms with E-state index in [0.717, 1.165) is 0 Å². The molecule has 4 nitrogen and oxygen atoms in total. The van der Waals surface area contributed by atoms with Gasteiger partial charge >= 0.3 is 0 Å². The molecule has 0 fully saturated rings. The fraction of sp³-hybridized carbons (Fsp3) is 0.444. The predicted molar refractivity (Wildman–Crippen MR) is 55.4 cm³/mol. The van der Waals surface area contributed by atoms with Crippen LogP contribution in [0.5, 0.6) is 0 Å². The molecule has 0 aliphatic heterocycles. The van der Waals surface area contributed by atoms with Crippen molar-refractivity contribution in [2.45, 2.75) is 11.5 Å². The number of rotatable bonds is 6. The predicted octanol–water partition coefficient (Wildman–Crippen LogP) is 1.46. The largest absolute Gasteiger partial charge is 0.455 e. The van der Waals surface area contributed by atoms with Gasteiger partial charge in [0.25, 0.3) is 11.7 Å². The lowest BCUT2D eigenvalue weighted by Crippen LogP contribution is -2.25. The Bertz CT molecular complexity index is 343. The first kappa shape index (κ1) is 13.0. The van der Waals surface area contributed by atoms with Crippen molar-refractivity contribution in [2.24, 2.45) is 0 Å². The first-order valence-corrected chi connectivity index (χ1v) is 5.56. The first-order chi connectivity index (χ1) is 7.63. The number of nitrogens with one attached hydrogen (secondary N) is 1. The number of halogens is 2. The summed E-state index contributed by atoms with van der Waals surface area (Å²) in [6, 6.07) is 2.89. The van der Waals surface area contributed by atoms with E-state index in [2.05, 4.69) is 5.32 Å². The second-order valence-electron chi connectivity index (χ2n) is 2.82. The molecule has 1 heterocycles. The van der Waals surface area contributed by atoms with Crippen LogP contribution in [0.4, 0.5) is 8.78 Å². The lowest BCUT2D eigenvalue weighted by molar-refractivity contribution is 0.0915. The third-order valence-corrected chi connectivity index (χ3v) is 2.34. The number of hydrogen-bond acceptors (Lipinski definition) is 4. The van der Waals surface area contributed by atoms with E-state index in [0.29, 0.717) is 17.5 Å². The van der Waals surface area contributed by atoms with Gasteiger partial charge in [0, 0.05) is 6.54 Å². The van der Waals surface area contributed by atoms with Crippen LogP contribution in [0.1, 0.15) is 16.3 Å². The van der Waals surface area contributed by atoms with Gasteiger partial charge in [-0.1, -0.05) is 11.8 Å². The van der Waals surface area contributed by atoms with Crippen LogP contribution in [0, 0.1) is 0 Å². The molecule has 0 spiro atoms. The molecular formula is C9H11F2NO3S. The average molecular weight is 251 g/mol. The summed E-state index contributed by atoms with van der Waals surface area (Å²) in [5, 5.41) is 10.9. The van der Waals surface area contributed by atoms with Crippen molar-refractivity contribution >= 4 is 17.7 Å². The van der Waals surface area contributed by atoms with Crippen LogP contribution in [0.15, 0.2) is 16.5 Å². The molecule has 16 heavy (non-hydrogen) atoms. The summed E-state index contributed by atoms with van der Waals surface area (Å²) in [5.41, 5.74) is 0. The quantitative estimate of drug-likeness (QED) is 0.803. The molecule has 0 saturated heterocycles. The van der Waals surface area contributed by atoms with Crippen molar-refractivity contribution in [3.8, 4) is 0 Å². The van der Waals surface area contributed by atoms with Gasteiger partial charge in [-0.3, -0.25) is 4.79 Å². The van der Waals surface area contributed by atoms with Gasteiger partial charge < -0.3 is 14.8 Å². The fourth-order valence-corrected chi connectivity index (χ4v) is 1.42. The maximum Gasteiger partial charge on any atom is 0.287 e. The second-order valence-corrected chi connectivity index (χ2v) is 3.80. The zero-order valence-electron chi connectivity index (χ0n) is 8.28. The number of aliphatic hydroxyl groups excluding tert-OH is 1. The molecule has 1 aromatic rings. The standard InChI is InChI=1S/C9H11F2NO3S/c10-9(11)16-5-6-1-2-7(15-6)8(14)12-3-4-13/h1-2,9,13H,3-5H2,(H,12,14). The Kier molecular flexibility index (Phi) is 5.27. The minimum Gasteiger partial charge on any atom is -0.455 e. The molecular weight excluding hydrogens is 240 g/mol. The van der Waals surface area contributed by atoms with Crippen molar-refractivity contribution in [1.29, 1.82) is 0 Å². The molecule has 0 radical (unpaired) electrons. The Balaban J connectivity index is 2.47. The van der Waals surface area contributed by atoms with Crippen LogP contribution in [-0.2, 0) is 5.75 Å². The Morgan fingerprint density at radius 3 is 2.94 bits per heavy atom. The minimum absolute atomic E-state index is 0.0188. The normalized spacial score (nSPS) is 10.8. The molecule has 2 N–H and O–H groups in total. The van der Waals surface area contributed by atoms with Crippen molar-refractivity contribution < 1.29 is 23.1 Å². The Labute approximate surface area is 95.0 Å². The van der Waals surface area contributed by atoms with E-state index in [1.807, 2.05) is 0 Å². The lowest BCUT2D eigenvalue weighted by Gasteiger charge is -1.99. The SMILES string of the molecule is O=C(NCCO)c1ccc(CSC(F)F)o1. The summed E-state index contributed by atoms with van der Waals surface area (Å²) in [5.74, 6) is -2.54. The first-order valence-electron chi connectivity index (χ1n) is 4.51. The summed E-state index contributed by atoms with van der Waals surface area (Å²) in [6.07, 6.45) is 0. The highest BCUT2D eigenvalue weighted by molar-refractivity contribution is 7.98. The van der Waals surface area contributed by atoms with E-state index in [1.165, 1.54) is 12.1 Å². The van der Waals surface area contributed by atoms with Gasteiger partial charge in [-0.05, 0) is 12.1 Å². The molecule has 1 rings (SSSR count). The molecule has 0 unspecified atom stereocenters. The second kappa shape index (κ2) is 6.49. The van der Waals surface area contributed by atoms with Gasteiger partial charge in [-0.2, -0.15) is 8.78 Å². The zero-order chi connectivity index (χ0) is 12.0. The molecule has 1 amide bonds.